The number of ether oxygens (including phenoxy) is 1. The Hall–Kier alpha value is -1.64. The van der Waals surface area contributed by atoms with Gasteiger partial charge in [0, 0.05) is 18.8 Å². The molecule has 1 aromatic carbocycles. The van der Waals surface area contributed by atoms with Crippen molar-refractivity contribution >= 4 is 21.6 Å². The summed E-state index contributed by atoms with van der Waals surface area (Å²) in [5.74, 6) is -0.106. The van der Waals surface area contributed by atoms with Crippen LogP contribution in [0.2, 0.25) is 0 Å². The second-order valence-corrected chi connectivity index (χ2v) is 7.05. The highest BCUT2D eigenvalue weighted by Crippen LogP contribution is 2.11. The Morgan fingerprint density at radius 2 is 2.05 bits per heavy atom. The first kappa shape index (κ1) is 16.7. The minimum Gasteiger partial charge on any atom is -0.375 e. The summed E-state index contributed by atoms with van der Waals surface area (Å²) in [5, 5.41) is 5.97. The van der Waals surface area contributed by atoms with E-state index >= 15 is 0 Å². The topological polar surface area (TPSA) is 96.5 Å². The lowest BCUT2D eigenvalue weighted by atomic mass is 10.1. The third kappa shape index (κ3) is 4.97. The number of sulfonamides is 1. The zero-order chi connectivity index (χ0) is 16.2. The number of benzene rings is 1. The number of carbonyl (C=O) groups is 1. The van der Waals surface area contributed by atoms with E-state index in [1.54, 1.807) is 24.3 Å². The normalized spacial score (nSPS) is 22.1. The van der Waals surface area contributed by atoms with Crippen LogP contribution >= 0.6 is 0 Å². The second kappa shape index (κ2) is 7.08. The van der Waals surface area contributed by atoms with Crippen LogP contribution in [-0.4, -0.2) is 45.9 Å². The van der Waals surface area contributed by atoms with Crippen molar-refractivity contribution in [3.63, 3.8) is 0 Å². The average molecular weight is 327 g/mol. The van der Waals surface area contributed by atoms with Gasteiger partial charge in [-0.3, -0.25) is 9.52 Å². The Labute approximate surface area is 130 Å². The Morgan fingerprint density at radius 1 is 1.36 bits per heavy atom. The zero-order valence-electron chi connectivity index (χ0n) is 12.6. The van der Waals surface area contributed by atoms with Gasteiger partial charge in [-0.2, -0.15) is 0 Å². The summed E-state index contributed by atoms with van der Waals surface area (Å²) in [7, 11) is -3.28. The molecule has 1 aliphatic heterocycles. The molecule has 1 saturated heterocycles. The Bertz CT molecular complexity index is 615. The molecule has 22 heavy (non-hydrogen) atoms. The van der Waals surface area contributed by atoms with Crippen LogP contribution in [0.25, 0.3) is 0 Å². The third-order valence-electron chi connectivity index (χ3n) is 3.32. The molecule has 0 unspecified atom stereocenters. The van der Waals surface area contributed by atoms with Crippen LogP contribution in [0.5, 0.6) is 0 Å². The summed E-state index contributed by atoms with van der Waals surface area (Å²) in [6.07, 6.45) is 0.941. The van der Waals surface area contributed by atoms with Crippen LogP contribution in [0.1, 0.15) is 12.5 Å². The van der Waals surface area contributed by atoms with Gasteiger partial charge in [-0.15, -0.1) is 0 Å². The van der Waals surface area contributed by atoms with Gasteiger partial charge in [0.25, 0.3) is 0 Å². The molecule has 8 heteroatoms. The predicted molar refractivity (Wildman–Crippen MR) is 84.0 cm³/mol. The summed E-state index contributed by atoms with van der Waals surface area (Å²) >= 11 is 0. The number of amides is 1. The zero-order valence-corrected chi connectivity index (χ0v) is 13.4. The summed E-state index contributed by atoms with van der Waals surface area (Å²) in [4.78, 5) is 12.1. The van der Waals surface area contributed by atoms with Crippen LogP contribution in [-0.2, 0) is 26.1 Å². The van der Waals surface area contributed by atoms with Crippen LogP contribution in [0, 0.1) is 0 Å². The highest BCUT2D eigenvalue weighted by Gasteiger charge is 2.27. The first-order chi connectivity index (χ1) is 10.3. The van der Waals surface area contributed by atoms with E-state index < -0.39 is 10.0 Å². The standard InChI is InChI=1S/C14H21N3O4S/c1-10-13(15-7-8-21-10)14(18)16-9-11-3-5-12(6-4-11)17-22(2,19)20/h3-6,10,13,15,17H,7-9H2,1-2H3,(H,16,18)/t10-,13+/m1/s1. The summed E-state index contributed by atoms with van der Waals surface area (Å²) in [5.41, 5.74) is 1.38. The number of anilines is 1. The minimum atomic E-state index is -3.28. The predicted octanol–water partition coefficient (Wildman–Crippen LogP) is 0.0512. The third-order valence-corrected chi connectivity index (χ3v) is 3.93. The number of nitrogens with one attached hydrogen (secondary N) is 3. The number of hydrogen-bond acceptors (Lipinski definition) is 5. The van der Waals surface area contributed by atoms with E-state index in [-0.39, 0.29) is 18.1 Å². The van der Waals surface area contributed by atoms with Gasteiger partial charge in [0.1, 0.15) is 6.04 Å². The molecule has 1 amide bonds. The summed E-state index contributed by atoms with van der Waals surface area (Å²) in [6, 6.07) is 6.50. The number of carbonyl (C=O) groups excluding carboxylic acids is 1. The molecule has 1 fully saturated rings. The van der Waals surface area contributed by atoms with E-state index in [0.717, 1.165) is 11.8 Å². The van der Waals surface area contributed by atoms with Crippen molar-refractivity contribution in [3.05, 3.63) is 29.8 Å². The second-order valence-electron chi connectivity index (χ2n) is 5.30. The van der Waals surface area contributed by atoms with Gasteiger partial charge in [0.05, 0.1) is 19.0 Å². The van der Waals surface area contributed by atoms with Crippen LogP contribution in [0.3, 0.4) is 0 Å². The summed E-state index contributed by atoms with van der Waals surface area (Å²) in [6.45, 7) is 3.51. The molecule has 2 rings (SSSR count). The van der Waals surface area contributed by atoms with Gasteiger partial charge in [0.15, 0.2) is 0 Å². The lowest BCUT2D eigenvalue weighted by molar-refractivity contribution is -0.129. The first-order valence-electron chi connectivity index (χ1n) is 7.04. The van der Waals surface area contributed by atoms with Gasteiger partial charge in [-0.05, 0) is 24.6 Å². The van der Waals surface area contributed by atoms with Crippen molar-refractivity contribution in [1.29, 1.82) is 0 Å². The molecule has 1 aliphatic rings. The first-order valence-corrected chi connectivity index (χ1v) is 8.94. The van der Waals surface area contributed by atoms with E-state index in [0.29, 0.717) is 25.4 Å². The van der Waals surface area contributed by atoms with E-state index in [4.69, 9.17) is 4.74 Å². The van der Waals surface area contributed by atoms with Crippen molar-refractivity contribution in [3.8, 4) is 0 Å². The van der Waals surface area contributed by atoms with Crippen LogP contribution < -0.4 is 15.4 Å². The number of rotatable bonds is 5. The maximum absolute atomic E-state index is 12.1. The lowest BCUT2D eigenvalue weighted by Gasteiger charge is -2.29. The fraction of sp³-hybridized carbons (Fsp3) is 0.500. The van der Waals surface area contributed by atoms with Crippen molar-refractivity contribution in [2.45, 2.75) is 25.6 Å². The Kier molecular flexibility index (Phi) is 5.38. The molecular formula is C14H21N3O4S. The highest BCUT2D eigenvalue weighted by atomic mass is 32.2. The smallest absolute Gasteiger partial charge is 0.240 e. The van der Waals surface area contributed by atoms with E-state index in [1.807, 2.05) is 6.92 Å². The Morgan fingerprint density at radius 3 is 2.64 bits per heavy atom. The molecule has 1 heterocycles. The molecule has 0 bridgehead atoms. The molecule has 0 spiro atoms. The largest absolute Gasteiger partial charge is 0.375 e. The van der Waals surface area contributed by atoms with E-state index in [9.17, 15) is 13.2 Å². The molecule has 2 atom stereocenters. The van der Waals surface area contributed by atoms with Crippen molar-refractivity contribution < 1.29 is 17.9 Å². The molecule has 3 N–H and O–H groups in total. The Balaban J connectivity index is 1.87. The van der Waals surface area contributed by atoms with Gasteiger partial charge >= 0.3 is 0 Å². The van der Waals surface area contributed by atoms with Gasteiger partial charge in [-0.25, -0.2) is 8.42 Å². The monoisotopic (exact) mass is 327 g/mol. The minimum absolute atomic E-state index is 0.106. The quantitative estimate of drug-likeness (QED) is 0.710. The van der Waals surface area contributed by atoms with Gasteiger partial charge in [-0.1, -0.05) is 12.1 Å². The molecule has 7 nitrogen and oxygen atoms in total. The van der Waals surface area contributed by atoms with Crippen molar-refractivity contribution in [2.75, 3.05) is 24.1 Å². The molecular weight excluding hydrogens is 306 g/mol. The maximum atomic E-state index is 12.1. The fourth-order valence-corrected chi connectivity index (χ4v) is 2.80. The molecule has 0 radical (unpaired) electrons. The molecule has 122 valence electrons. The average Bonchev–Trinajstić information content (AvgIpc) is 2.45. The fourth-order valence-electron chi connectivity index (χ4n) is 2.23. The number of hydrogen-bond donors (Lipinski definition) is 3. The van der Waals surface area contributed by atoms with Crippen molar-refractivity contribution in [1.82, 2.24) is 10.6 Å². The van der Waals surface area contributed by atoms with E-state index in [2.05, 4.69) is 15.4 Å². The van der Waals surface area contributed by atoms with Crippen LogP contribution in [0.15, 0.2) is 24.3 Å². The van der Waals surface area contributed by atoms with Gasteiger partial charge < -0.3 is 15.4 Å². The maximum Gasteiger partial charge on any atom is 0.240 e. The highest BCUT2D eigenvalue weighted by molar-refractivity contribution is 7.92. The van der Waals surface area contributed by atoms with Crippen LogP contribution in [0.4, 0.5) is 5.69 Å². The SMILES string of the molecule is C[C@H]1OCCN[C@@H]1C(=O)NCc1ccc(NS(C)(=O)=O)cc1. The van der Waals surface area contributed by atoms with Gasteiger partial charge in [0.2, 0.25) is 15.9 Å². The lowest BCUT2D eigenvalue weighted by Crippen LogP contribution is -2.55. The summed E-state index contributed by atoms with van der Waals surface area (Å²) < 4.78 is 30.1. The molecule has 1 aromatic rings. The molecule has 0 saturated carbocycles. The number of morpholine rings is 1. The van der Waals surface area contributed by atoms with E-state index in [1.165, 1.54) is 0 Å². The van der Waals surface area contributed by atoms with Crippen molar-refractivity contribution in [2.24, 2.45) is 0 Å². The molecule has 0 aliphatic carbocycles. The molecule has 0 aromatic heterocycles.